The van der Waals surface area contributed by atoms with E-state index in [1.54, 1.807) is 37.8 Å². The highest BCUT2D eigenvalue weighted by molar-refractivity contribution is 5.66. The normalized spacial score (nSPS) is 21.5. The average molecular weight is 537 g/mol. The first kappa shape index (κ1) is 27.1. The SMILES string of the molecule is CO[C@H]1[C@H](N)C[C@H](c2ccncc2Nc2ncc3ccc(-c4c(F)cc(COC(C)C)cc4F)nn23)C[C@@H]1C. The number of benzene rings is 1. The number of hydrogen-bond acceptors (Lipinski definition) is 7. The van der Waals surface area contributed by atoms with Gasteiger partial charge in [0.05, 0.1) is 53.7 Å². The van der Waals surface area contributed by atoms with Crippen LogP contribution in [0.3, 0.4) is 0 Å². The Balaban J connectivity index is 1.45. The van der Waals surface area contributed by atoms with Gasteiger partial charge in [-0.3, -0.25) is 4.98 Å². The van der Waals surface area contributed by atoms with Crippen LogP contribution >= 0.6 is 0 Å². The molecule has 1 aromatic carbocycles. The molecule has 3 N–H and O–H groups in total. The van der Waals surface area contributed by atoms with Crippen LogP contribution in [0.2, 0.25) is 0 Å². The summed E-state index contributed by atoms with van der Waals surface area (Å²) >= 11 is 0. The minimum atomic E-state index is -0.703. The number of hydrogen-bond donors (Lipinski definition) is 2. The standard InChI is InChI=1S/C29H34F2N6O2/c1-16(2)39-15-18-10-22(30)27(23(31)11-18)25-6-5-20-13-34-29(37(20)36-25)35-26-14-33-8-7-21(26)19-9-17(3)28(38-4)24(32)12-19/h5-8,10-11,13-14,16-17,19,24,28H,9,12,15,32H2,1-4H3,(H,34,35)/t17-,19+,24+,28+/m0/s1. The molecule has 0 spiro atoms. The summed E-state index contributed by atoms with van der Waals surface area (Å²) in [5, 5.41) is 7.88. The van der Waals surface area contributed by atoms with Gasteiger partial charge in [-0.1, -0.05) is 6.92 Å². The maximum atomic E-state index is 15.1. The number of imidazole rings is 1. The molecule has 1 aliphatic carbocycles. The number of nitrogens with zero attached hydrogens (tertiary/aromatic N) is 4. The fourth-order valence-corrected chi connectivity index (χ4v) is 5.53. The summed E-state index contributed by atoms with van der Waals surface area (Å²) in [6.45, 7) is 6.02. The molecule has 4 aromatic rings. The Morgan fingerprint density at radius 2 is 1.90 bits per heavy atom. The molecule has 5 rings (SSSR count). The highest BCUT2D eigenvalue weighted by Gasteiger charge is 2.35. The van der Waals surface area contributed by atoms with Gasteiger partial charge in [-0.15, -0.1) is 0 Å². The Morgan fingerprint density at radius 1 is 1.13 bits per heavy atom. The number of anilines is 2. The summed E-state index contributed by atoms with van der Waals surface area (Å²) in [6.07, 6.45) is 6.84. The first-order chi connectivity index (χ1) is 18.7. The molecule has 1 aliphatic rings. The molecule has 39 heavy (non-hydrogen) atoms. The molecule has 4 atom stereocenters. The number of fused-ring (bicyclic) bond motifs is 1. The Morgan fingerprint density at radius 3 is 2.59 bits per heavy atom. The van der Waals surface area contributed by atoms with Gasteiger partial charge in [0.25, 0.3) is 0 Å². The second-order valence-electron chi connectivity index (χ2n) is 10.5. The van der Waals surface area contributed by atoms with Crippen LogP contribution in [-0.2, 0) is 16.1 Å². The Hall–Kier alpha value is -3.47. The minimum absolute atomic E-state index is 0.0240. The molecule has 10 heteroatoms. The molecule has 3 aromatic heterocycles. The Kier molecular flexibility index (Phi) is 7.88. The predicted octanol–water partition coefficient (Wildman–Crippen LogP) is 5.59. The summed E-state index contributed by atoms with van der Waals surface area (Å²) in [7, 11) is 1.71. The molecule has 0 bridgehead atoms. The van der Waals surface area contributed by atoms with Gasteiger partial charge in [-0.05, 0) is 80.0 Å². The van der Waals surface area contributed by atoms with Crippen LogP contribution in [0.15, 0.2) is 48.9 Å². The Labute approximate surface area is 226 Å². The summed E-state index contributed by atoms with van der Waals surface area (Å²) in [4.78, 5) is 8.79. The maximum absolute atomic E-state index is 15.1. The van der Waals surface area contributed by atoms with Gasteiger partial charge >= 0.3 is 0 Å². The van der Waals surface area contributed by atoms with Gasteiger partial charge < -0.3 is 20.5 Å². The third-order valence-corrected chi connectivity index (χ3v) is 7.33. The van der Waals surface area contributed by atoms with Gasteiger partial charge in [-0.2, -0.15) is 9.61 Å². The van der Waals surface area contributed by atoms with E-state index in [0.29, 0.717) is 22.9 Å². The number of nitrogens with two attached hydrogens (primary N) is 1. The lowest BCUT2D eigenvalue weighted by atomic mass is 9.74. The van der Waals surface area contributed by atoms with E-state index in [4.69, 9.17) is 15.2 Å². The number of rotatable bonds is 8. The van der Waals surface area contributed by atoms with E-state index in [9.17, 15) is 0 Å². The lowest BCUT2D eigenvalue weighted by Crippen LogP contribution is -2.45. The van der Waals surface area contributed by atoms with Crippen LogP contribution in [0.1, 0.15) is 50.7 Å². The molecular formula is C29H34F2N6O2. The van der Waals surface area contributed by atoms with Crippen molar-refractivity contribution in [3.05, 3.63) is 71.7 Å². The summed E-state index contributed by atoms with van der Waals surface area (Å²) in [5.74, 6) is -0.486. The van der Waals surface area contributed by atoms with E-state index in [0.717, 1.165) is 24.1 Å². The van der Waals surface area contributed by atoms with Crippen molar-refractivity contribution in [1.82, 2.24) is 19.6 Å². The van der Waals surface area contributed by atoms with Crippen LogP contribution in [0, 0.1) is 17.6 Å². The fourth-order valence-electron chi connectivity index (χ4n) is 5.53. The third kappa shape index (κ3) is 5.63. The molecule has 3 heterocycles. The van der Waals surface area contributed by atoms with E-state index in [-0.39, 0.29) is 42.0 Å². The monoisotopic (exact) mass is 536 g/mol. The predicted molar refractivity (Wildman–Crippen MR) is 146 cm³/mol. The zero-order valence-corrected chi connectivity index (χ0v) is 22.6. The lowest BCUT2D eigenvalue weighted by molar-refractivity contribution is 0.00984. The van der Waals surface area contributed by atoms with Crippen LogP contribution < -0.4 is 11.1 Å². The van der Waals surface area contributed by atoms with Gasteiger partial charge in [0, 0.05) is 19.3 Å². The highest BCUT2D eigenvalue weighted by atomic mass is 19.1. The van der Waals surface area contributed by atoms with E-state index >= 15 is 8.78 Å². The Bertz CT molecular complexity index is 1420. The topological polar surface area (TPSA) is 99.6 Å². The number of ether oxygens (including phenoxy) is 2. The summed E-state index contributed by atoms with van der Waals surface area (Å²) < 4.78 is 42.8. The maximum Gasteiger partial charge on any atom is 0.229 e. The zero-order chi connectivity index (χ0) is 27.7. The quantitative estimate of drug-likeness (QED) is 0.303. The van der Waals surface area contributed by atoms with E-state index in [1.807, 2.05) is 19.9 Å². The minimum Gasteiger partial charge on any atom is -0.380 e. The third-order valence-electron chi connectivity index (χ3n) is 7.33. The summed E-state index contributed by atoms with van der Waals surface area (Å²) in [6, 6.07) is 7.79. The van der Waals surface area contributed by atoms with Gasteiger partial charge in [0.2, 0.25) is 5.95 Å². The molecule has 1 fully saturated rings. The first-order valence-electron chi connectivity index (χ1n) is 13.2. The van der Waals surface area contributed by atoms with E-state index in [2.05, 4.69) is 27.3 Å². The average Bonchev–Trinajstić information content (AvgIpc) is 3.29. The zero-order valence-electron chi connectivity index (χ0n) is 22.6. The molecule has 206 valence electrons. The van der Waals surface area contributed by atoms with Gasteiger partial charge in [0.15, 0.2) is 0 Å². The molecule has 8 nitrogen and oxygen atoms in total. The lowest BCUT2D eigenvalue weighted by Gasteiger charge is -2.38. The van der Waals surface area contributed by atoms with Crippen molar-refractivity contribution in [2.24, 2.45) is 11.7 Å². The second kappa shape index (κ2) is 11.3. The molecule has 0 aliphatic heterocycles. The molecular weight excluding hydrogens is 502 g/mol. The number of halogens is 2. The number of nitrogens with one attached hydrogen (secondary N) is 1. The number of aromatic nitrogens is 4. The molecule has 0 amide bonds. The van der Waals surface area contributed by atoms with E-state index < -0.39 is 11.6 Å². The molecule has 0 saturated heterocycles. The van der Waals surface area contributed by atoms with Crippen molar-refractivity contribution in [1.29, 1.82) is 0 Å². The van der Waals surface area contributed by atoms with E-state index in [1.165, 1.54) is 16.6 Å². The number of methoxy groups -OCH3 is 1. The molecule has 1 saturated carbocycles. The van der Waals surface area contributed by atoms with Gasteiger partial charge in [0.1, 0.15) is 11.6 Å². The highest BCUT2D eigenvalue weighted by Crippen LogP contribution is 2.40. The van der Waals surface area contributed by atoms with Crippen molar-refractivity contribution in [2.45, 2.75) is 64.4 Å². The summed E-state index contributed by atoms with van der Waals surface area (Å²) in [5.41, 5.74) is 9.35. The largest absolute Gasteiger partial charge is 0.380 e. The number of pyridine rings is 1. The van der Waals surface area contributed by atoms with Crippen LogP contribution in [0.5, 0.6) is 0 Å². The van der Waals surface area contributed by atoms with Crippen LogP contribution in [-0.4, -0.2) is 44.9 Å². The van der Waals surface area contributed by atoms with Crippen molar-refractivity contribution in [3.8, 4) is 11.3 Å². The van der Waals surface area contributed by atoms with Crippen molar-refractivity contribution >= 4 is 17.2 Å². The van der Waals surface area contributed by atoms with Crippen LogP contribution in [0.4, 0.5) is 20.4 Å². The van der Waals surface area contributed by atoms with Crippen molar-refractivity contribution in [2.75, 3.05) is 12.4 Å². The first-order valence-corrected chi connectivity index (χ1v) is 13.2. The molecule has 0 radical (unpaired) electrons. The second-order valence-corrected chi connectivity index (χ2v) is 10.5. The molecule has 0 unspecified atom stereocenters. The van der Waals surface area contributed by atoms with Crippen molar-refractivity contribution in [3.63, 3.8) is 0 Å². The van der Waals surface area contributed by atoms with Crippen LogP contribution in [0.25, 0.3) is 16.8 Å². The van der Waals surface area contributed by atoms with Gasteiger partial charge in [-0.25, -0.2) is 13.8 Å². The smallest absolute Gasteiger partial charge is 0.229 e. The fraction of sp³-hybridized carbons (Fsp3) is 0.414. The van der Waals surface area contributed by atoms with Crippen molar-refractivity contribution < 1.29 is 18.3 Å².